The number of aromatic nitrogens is 1. The lowest BCUT2D eigenvalue weighted by Gasteiger charge is -2.09. The number of hydrogen-bond acceptors (Lipinski definition) is 5. The molecule has 1 aromatic heterocycles. The molecule has 0 radical (unpaired) electrons. The van der Waals surface area contributed by atoms with E-state index < -0.39 is 21.6 Å². The molecule has 0 aliphatic heterocycles. The van der Waals surface area contributed by atoms with Crippen LogP contribution in [0.1, 0.15) is 5.56 Å². The Balaban J connectivity index is 2.31. The fourth-order valence-electron chi connectivity index (χ4n) is 2.45. The van der Waals surface area contributed by atoms with Gasteiger partial charge in [0, 0.05) is 33.8 Å². The third-order valence-electron chi connectivity index (χ3n) is 3.59. The SMILES string of the molecule is O=[N+]([O-])c1ccc2c(c1)c(CO)cn2S(=O)(=O)c1ccccc1Br. The van der Waals surface area contributed by atoms with Crippen molar-refractivity contribution in [2.75, 3.05) is 0 Å². The third-order valence-corrected chi connectivity index (χ3v) is 6.28. The Bertz CT molecular complexity index is 1060. The van der Waals surface area contributed by atoms with Crippen molar-refractivity contribution in [3.05, 3.63) is 68.8 Å². The van der Waals surface area contributed by atoms with Gasteiger partial charge in [0.1, 0.15) is 4.90 Å². The molecule has 2 aromatic carbocycles. The van der Waals surface area contributed by atoms with Gasteiger partial charge in [0.25, 0.3) is 15.7 Å². The molecule has 0 aliphatic carbocycles. The van der Waals surface area contributed by atoms with Gasteiger partial charge in [-0.15, -0.1) is 0 Å². The second kappa shape index (κ2) is 6.00. The maximum atomic E-state index is 12.9. The molecule has 7 nitrogen and oxygen atoms in total. The van der Waals surface area contributed by atoms with E-state index in [0.29, 0.717) is 15.4 Å². The van der Waals surface area contributed by atoms with Crippen LogP contribution in [0.25, 0.3) is 10.9 Å². The molecule has 0 amide bonds. The standard InChI is InChI=1S/C15H11BrN2O5S/c16-13-3-1-2-4-15(13)24(22,23)17-8-10(9-19)12-7-11(18(20)21)5-6-14(12)17/h1-8,19H,9H2. The van der Waals surface area contributed by atoms with Crippen LogP contribution in [-0.4, -0.2) is 22.4 Å². The van der Waals surface area contributed by atoms with Crippen LogP contribution in [-0.2, 0) is 16.6 Å². The second-order valence-electron chi connectivity index (χ2n) is 5.00. The Morgan fingerprint density at radius 1 is 1.21 bits per heavy atom. The Morgan fingerprint density at radius 2 is 1.92 bits per heavy atom. The predicted octanol–water partition coefficient (Wildman–Crippen LogP) is 3.04. The van der Waals surface area contributed by atoms with Gasteiger partial charge in [0.2, 0.25) is 0 Å². The molecule has 0 atom stereocenters. The van der Waals surface area contributed by atoms with Crippen molar-refractivity contribution >= 4 is 42.5 Å². The van der Waals surface area contributed by atoms with Crippen molar-refractivity contribution < 1.29 is 18.4 Å². The van der Waals surface area contributed by atoms with Gasteiger partial charge in [-0.05, 0) is 34.1 Å². The minimum absolute atomic E-state index is 0.0599. The van der Waals surface area contributed by atoms with E-state index in [9.17, 15) is 23.6 Å². The van der Waals surface area contributed by atoms with E-state index in [1.54, 1.807) is 18.2 Å². The van der Waals surface area contributed by atoms with E-state index in [4.69, 9.17) is 0 Å². The van der Waals surface area contributed by atoms with E-state index in [-0.39, 0.29) is 16.1 Å². The molecule has 3 rings (SSSR count). The molecule has 0 spiro atoms. The van der Waals surface area contributed by atoms with Crippen molar-refractivity contribution in [3.8, 4) is 0 Å². The maximum Gasteiger partial charge on any atom is 0.270 e. The monoisotopic (exact) mass is 410 g/mol. The van der Waals surface area contributed by atoms with E-state index in [1.165, 1.54) is 30.5 Å². The Hall–Kier alpha value is -2.23. The third kappa shape index (κ3) is 2.60. The summed E-state index contributed by atoms with van der Waals surface area (Å²) < 4.78 is 27.3. The minimum Gasteiger partial charge on any atom is -0.392 e. The van der Waals surface area contributed by atoms with Gasteiger partial charge in [-0.1, -0.05) is 12.1 Å². The zero-order valence-corrected chi connectivity index (χ0v) is 14.5. The largest absolute Gasteiger partial charge is 0.392 e. The highest BCUT2D eigenvalue weighted by Crippen LogP contribution is 2.31. The highest BCUT2D eigenvalue weighted by Gasteiger charge is 2.24. The highest BCUT2D eigenvalue weighted by molar-refractivity contribution is 9.10. The molecule has 24 heavy (non-hydrogen) atoms. The molecule has 0 aliphatic rings. The number of fused-ring (bicyclic) bond motifs is 1. The Morgan fingerprint density at radius 3 is 2.54 bits per heavy atom. The minimum atomic E-state index is -3.93. The number of nitro benzene ring substituents is 1. The summed E-state index contributed by atoms with van der Waals surface area (Å²) in [5, 5.41) is 20.7. The molecule has 0 saturated carbocycles. The van der Waals surface area contributed by atoms with Crippen LogP contribution in [0.2, 0.25) is 0 Å². The van der Waals surface area contributed by atoms with Gasteiger partial charge in [-0.3, -0.25) is 10.1 Å². The van der Waals surface area contributed by atoms with Gasteiger partial charge in [-0.25, -0.2) is 12.4 Å². The lowest BCUT2D eigenvalue weighted by atomic mass is 10.1. The number of hydrogen-bond donors (Lipinski definition) is 1. The molecule has 3 aromatic rings. The molecule has 0 saturated heterocycles. The molecule has 124 valence electrons. The normalized spacial score (nSPS) is 11.8. The summed E-state index contributed by atoms with van der Waals surface area (Å²) in [5.74, 6) is 0. The van der Waals surface area contributed by atoms with Crippen LogP contribution in [0, 0.1) is 10.1 Å². The summed E-state index contributed by atoms with van der Waals surface area (Å²) in [6, 6.07) is 10.2. The van der Waals surface area contributed by atoms with Crippen molar-refractivity contribution in [2.45, 2.75) is 11.5 Å². The van der Waals surface area contributed by atoms with Crippen molar-refractivity contribution in [1.29, 1.82) is 0 Å². The van der Waals surface area contributed by atoms with E-state index in [2.05, 4.69) is 15.9 Å². The van der Waals surface area contributed by atoms with Crippen LogP contribution in [0.15, 0.2) is 58.0 Å². The van der Waals surface area contributed by atoms with Crippen molar-refractivity contribution in [3.63, 3.8) is 0 Å². The summed E-state index contributed by atoms with van der Waals surface area (Å²) in [6.07, 6.45) is 1.28. The van der Waals surface area contributed by atoms with Gasteiger partial charge in [-0.2, -0.15) is 0 Å². The maximum absolute atomic E-state index is 12.9. The van der Waals surface area contributed by atoms with Crippen LogP contribution in [0.3, 0.4) is 0 Å². The van der Waals surface area contributed by atoms with Crippen molar-refractivity contribution in [1.82, 2.24) is 3.97 Å². The molecule has 1 N–H and O–H groups in total. The average molecular weight is 411 g/mol. The number of non-ortho nitro benzene ring substituents is 1. The fourth-order valence-corrected chi connectivity index (χ4v) is 4.81. The van der Waals surface area contributed by atoms with Gasteiger partial charge < -0.3 is 5.11 Å². The fraction of sp³-hybridized carbons (Fsp3) is 0.0667. The topological polar surface area (TPSA) is 102 Å². The predicted molar refractivity (Wildman–Crippen MR) is 91.2 cm³/mol. The first-order valence-electron chi connectivity index (χ1n) is 6.75. The number of nitro groups is 1. The molecule has 1 heterocycles. The summed E-state index contributed by atoms with van der Waals surface area (Å²) >= 11 is 3.22. The molecular weight excluding hydrogens is 400 g/mol. The van der Waals surface area contributed by atoms with Crippen LogP contribution >= 0.6 is 15.9 Å². The van der Waals surface area contributed by atoms with Crippen LogP contribution in [0.4, 0.5) is 5.69 Å². The molecule has 0 bridgehead atoms. The Kier molecular flexibility index (Phi) is 4.16. The first kappa shape index (κ1) is 16.6. The lowest BCUT2D eigenvalue weighted by molar-refractivity contribution is -0.384. The second-order valence-corrected chi connectivity index (χ2v) is 7.64. The molecule has 0 unspecified atom stereocenters. The molecular formula is C15H11BrN2O5S. The first-order chi connectivity index (χ1) is 11.4. The number of nitrogens with zero attached hydrogens (tertiary/aromatic N) is 2. The summed E-state index contributed by atoms with van der Waals surface area (Å²) in [4.78, 5) is 10.4. The lowest BCUT2D eigenvalue weighted by Crippen LogP contribution is -2.12. The van der Waals surface area contributed by atoms with E-state index in [0.717, 1.165) is 3.97 Å². The zero-order chi connectivity index (χ0) is 17.5. The number of halogens is 1. The highest BCUT2D eigenvalue weighted by atomic mass is 79.9. The Labute approximate surface area is 145 Å². The zero-order valence-electron chi connectivity index (χ0n) is 12.1. The van der Waals surface area contributed by atoms with E-state index >= 15 is 0 Å². The number of rotatable bonds is 4. The summed E-state index contributed by atoms with van der Waals surface area (Å²) in [7, 11) is -3.93. The van der Waals surface area contributed by atoms with Gasteiger partial charge in [0.05, 0.1) is 17.0 Å². The first-order valence-corrected chi connectivity index (χ1v) is 8.99. The van der Waals surface area contributed by atoms with Crippen LogP contribution < -0.4 is 0 Å². The summed E-state index contributed by atoms with van der Waals surface area (Å²) in [5.41, 5.74) is 0.387. The number of benzene rings is 2. The van der Waals surface area contributed by atoms with Gasteiger partial charge >= 0.3 is 0 Å². The van der Waals surface area contributed by atoms with Crippen LogP contribution in [0.5, 0.6) is 0 Å². The summed E-state index contributed by atoms with van der Waals surface area (Å²) in [6.45, 7) is -0.434. The number of aliphatic hydroxyl groups excluding tert-OH is 1. The van der Waals surface area contributed by atoms with Crippen molar-refractivity contribution in [2.24, 2.45) is 0 Å². The average Bonchev–Trinajstić information content (AvgIpc) is 2.93. The van der Waals surface area contributed by atoms with E-state index in [1.807, 2.05) is 0 Å². The molecule has 0 fully saturated rings. The molecule has 9 heteroatoms. The number of aliphatic hydroxyl groups is 1. The smallest absolute Gasteiger partial charge is 0.270 e. The van der Waals surface area contributed by atoms with Gasteiger partial charge in [0.15, 0.2) is 0 Å². The quantitative estimate of drug-likeness (QED) is 0.525.